The van der Waals surface area contributed by atoms with Crippen LogP contribution in [-0.4, -0.2) is 37.9 Å². The number of aliphatic carboxylic acids is 1. The highest BCUT2D eigenvalue weighted by molar-refractivity contribution is 5.70. The fourth-order valence-corrected chi connectivity index (χ4v) is 1.90. The first-order valence-corrected chi connectivity index (χ1v) is 5.73. The molecule has 1 N–H and O–H groups in total. The molecule has 0 saturated carbocycles. The zero-order valence-corrected chi connectivity index (χ0v) is 9.91. The molecular weight excluding hydrogens is 224 g/mol. The molecule has 1 fully saturated rings. The highest BCUT2D eigenvalue weighted by atomic mass is 16.5. The number of tetrazole rings is 1. The number of carboxylic acid groups (broad SMARTS) is 1. The normalized spacial score (nSPS) is 23.5. The van der Waals surface area contributed by atoms with Gasteiger partial charge in [0.1, 0.15) is 6.10 Å². The second kappa shape index (κ2) is 4.79. The number of hydrogen-bond acceptors (Lipinski definition) is 5. The van der Waals surface area contributed by atoms with Crippen molar-refractivity contribution in [1.82, 2.24) is 20.2 Å². The molecule has 1 saturated heterocycles. The summed E-state index contributed by atoms with van der Waals surface area (Å²) in [5.41, 5.74) is 0. The third-order valence-electron chi connectivity index (χ3n) is 3.23. The molecule has 1 aliphatic heterocycles. The van der Waals surface area contributed by atoms with Crippen LogP contribution in [0, 0.1) is 5.92 Å². The van der Waals surface area contributed by atoms with Crippen molar-refractivity contribution in [3.05, 3.63) is 5.82 Å². The molecule has 0 amide bonds. The van der Waals surface area contributed by atoms with Gasteiger partial charge in [-0.2, -0.15) is 0 Å². The summed E-state index contributed by atoms with van der Waals surface area (Å²) in [6.07, 6.45) is 1.77. The van der Waals surface area contributed by atoms with Crippen molar-refractivity contribution >= 4 is 5.97 Å². The van der Waals surface area contributed by atoms with Crippen LogP contribution >= 0.6 is 0 Å². The molecule has 0 bridgehead atoms. The molecule has 0 radical (unpaired) electrons. The summed E-state index contributed by atoms with van der Waals surface area (Å²) in [6.45, 7) is 4.15. The van der Waals surface area contributed by atoms with Crippen LogP contribution in [0.3, 0.4) is 0 Å². The van der Waals surface area contributed by atoms with Crippen molar-refractivity contribution in [1.29, 1.82) is 0 Å². The van der Waals surface area contributed by atoms with E-state index in [0.29, 0.717) is 12.4 Å². The Kier molecular flexibility index (Phi) is 3.37. The molecule has 2 heterocycles. The van der Waals surface area contributed by atoms with Crippen molar-refractivity contribution in [2.24, 2.45) is 5.92 Å². The third-order valence-corrected chi connectivity index (χ3v) is 3.23. The van der Waals surface area contributed by atoms with Crippen LogP contribution in [0.25, 0.3) is 0 Å². The van der Waals surface area contributed by atoms with Gasteiger partial charge < -0.3 is 9.84 Å². The number of nitrogens with zero attached hydrogens (tertiary/aromatic N) is 4. The molecule has 0 aromatic carbocycles. The summed E-state index contributed by atoms with van der Waals surface area (Å²) in [5.74, 6) is -0.770. The molecule has 7 heteroatoms. The molecule has 7 nitrogen and oxygen atoms in total. The molecule has 2 rings (SSSR count). The number of aromatic nitrogens is 4. The summed E-state index contributed by atoms with van der Waals surface area (Å²) in [4.78, 5) is 11.0. The molecular formula is C10H16N4O3. The predicted octanol–water partition coefficient (Wildman–Crippen LogP) is 0.806. The summed E-state index contributed by atoms with van der Waals surface area (Å²) in [5, 5.41) is 20.4. The summed E-state index contributed by atoms with van der Waals surface area (Å²) < 4.78 is 7.08. The average Bonchev–Trinajstić information content (AvgIpc) is 2.96. The lowest BCUT2D eigenvalue weighted by atomic mass is 10.0. The van der Waals surface area contributed by atoms with Gasteiger partial charge >= 0.3 is 5.97 Å². The van der Waals surface area contributed by atoms with E-state index in [4.69, 9.17) is 9.84 Å². The van der Waals surface area contributed by atoms with Gasteiger partial charge in [-0.1, -0.05) is 0 Å². The van der Waals surface area contributed by atoms with Gasteiger partial charge in [-0.25, -0.2) is 4.68 Å². The van der Waals surface area contributed by atoms with Gasteiger partial charge in [-0.3, -0.25) is 4.79 Å². The Morgan fingerprint density at radius 1 is 1.59 bits per heavy atom. The second-order valence-electron chi connectivity index (χ2n) is 4.35. The zero-order chi connectivity index (χ0) is 12.4. The van der Waals surface area contributed by atoms with E-state index in [2.05, 4.69) is 15.5 Å². The minimum absolute atomic E-state index is 0.103. The Labute approximate surface area is 98.8 Å². The maximum atomic E-state index is 11.0. The van der Waals surface area contributed by atoms with Crippen molar-refractivity contribution in [2.45, 2.75) is 38.8 Å². The monoisotopic (exact) mass is 240 g/mol. The van der Waals surface area contributed by atoms with Crippen LogP contribution in [0.5, 0.6) is 0 Å². The smallest absolute Gasteiger partial charge is 0.308 e. The van der Waals surface area contributed by atoms with E-state index >= 15 is 0 Å². The quantitative estimate of drug-likeness (QED) is 0.837. The van der Waals surface area contributed by atoms with Crippen molar-refractivity contribution < 1.29 is 14.6 Å². The topological polar surface area (TPSA) is 90.1 Å². The highest BCUT2D eigenvalue weighted by Crippen LogP contribution is 2.29. The number of carbonyl (C=O) groups is 1. The summed E-state index contributed by atoms with van der Waals surface area (Å²) in [6, 6.07) is -0.290. The fourth-order valence-electron chi connectivity index (χ4n) is 1.90. The van der Waals surface area contributed by atoms with Crippen LogP contribution in [0.2, 0.25) is 0 Å². The fraction of sp³-hybridized carbons (Fsp3) is 0.800. The van der Waals surface area contributed by atoms with E-state index in [1.807, 2.05) is 0 Å². The van der Waals surface area contributed by atoms with Gasteiger partial charge in [0.2, 0.25) is 0 Å². The molecule has 1 aliphatic rings. The van der Waals surface area contributed by atoms with Gasteiger partial charge in [0.05, 0.1) is 12.0 Å². The van der Waals surface area contributed by atoms with Crippen LogP contribution in [-0.2, 0) is 9.53 Å². The van der Waals surface area contributed by atoms with E-state index in [1.54, 1.807) is 18.5 Å². The van der Waals surface area contributed by atoms with Gasteiger partial charge in [-0.15, -0.1) is 5.10 Å². The molecule has 1 aromatic heterocycles. The number of ether oxygens (including phenoxy) is 1. The largest absolute Gasteiger partial charge is 0.481 e. The van der Waals surface area contributed by atoms with E-state index in [9.17, 15) is 4.79 Å². The van der Waals surface area contributed by atoms with Crippen LogP contribution in [0.1, 0.15) is 44.7 Å². The number of carboxylic acids is 1. The number of hydrogen-bond donors (Lipinski definition) is 1. The highest BCUT2D eigenvalue weighted by Gasteiger charge is 2.29. The Balaban J connectivity index is 2.20. The van der Waals surface area contributed by atoms with Gasteiger partial charge in [-0.05, 0) is 37.1 Å². The van der Waals surface area contributed by atoms with E-state index in [1.165, 1.54) is 0 Å². The van der Waals surface area contributed by atoms with Crippen molar-refractivity contribution in [2.75, 3.05) is 6.61 Å². The predicted molar refractivity (Wildman–Crippen MR) is 57.3 cm³/mol. The lowest BCUT2D eigenvalue weighted by molar-refractivity contribution is -0.142. The molecule has 1 aromatic rings. The standard InChI is InChI=1S/C10H16N4O3/c1-6(10(15)16)7(2)14-9(11-12-13-14)8-4-3-5-17-8/h6-8H,3-5H2,1-2H3,(H,15,16). The van der Waals surface area contributed by atoms with Crippen LogP contribution in [0.15, 0.2) is 0 Å². The van der Waals surface area contributed by atoms with Gasteiger partial charge in [0, 0.05) is 6.61 Å². The van der Waals surface area contributed by atoms with Crippen LogP contribution < -0.4 is 0 Å². The molecule has 3 unspecified atom stereocenters. The Morgan fingerprint density at radius 2 is 2.35 bits per heavy atom. The average molecular weight is 240 g/mol. The first kappa shape index (κ1) is 12.0. The van der Waals surface area contributed by atoms with Crippen molar-refractivity contribution in [3.63, 3.8) is 0 Å². The van der Waals surface area contributed by atoms with E-state index in [-0.39, 0.29) is 12.1 Å². The Morgan fingerprint density at radius 3 is 2.94 bits per heavy atom. The first-order chi connectivity index (χ1) is 8.11. The number of rotatable bonds is 4. The van der Waals surface area contributed by atoms with Gasteiger partial charge in [0.25, 0.3) is 0 Å². The van der Waals surface area contributed by atoms with E-state index < -0.39 is 11.9 Å². The Bertz CT molecular complexity index is 400. The lowest BCUT2D eigenvalue weighted by Crippen LogP contribution is -2.25. The van der Waals surface area contributed by atoms with Crippen molar-refractivity contribution in [3.8, 4) is 0 Å². The lowest BCUT2D eigenvalue weighted by Gasteiger charge is -2.18. The maximum Gasteiger partial charge on any atom is 0.308 e. The summed E-state index contributed by atoms with van der Waals surface area (Å²) in [7, 11) is 0. The summed E-state index contributed by atoms with van der Waals surface area (Å²) >= 11 is 0. The van der Waals surface area contributed by atoms with Crippen LogP contribution in [0.4, 0.5) is 0 Å². The first-order valence-electron chi connectivity index (χ1n) is 5.73. The second-order valence-corrected chi connectivity index (χ2v) is 4.35. The molecule has 94 valence electrons. The Hall–Kier alpha value is -1.50. The molecule has 17 heavy (non-hydrogen) atoms. The minimum Gasteiger partial charge on any atom is -0.481 e. The molecule has 0 spiro atoms. The molecule has 3 atom stereocenters. The zero-order valence-electron chi connectivity index (χ0n) is 9.91. The maximum absolute atomic E-state index is 11.0. The van der Waals surface area contributed by atoms with Gasteiger partial charge in [0.15, 0.2) is 5.82 Å². The minimum atomic E-state index is -0.855. The molecule has 0 aliphatic carbocycles. The van der Waals surface area contributed by atoms with E-state index in [0.717, 1.165) is 12.8 Å². The third kappa shape index (κ3) is 2.28. The SMILES string of the molecule is CC(C(=O)O)C(C)n1nnnc1C1CCCO1.